The summed E-state index contributed by atoms with van der Waals surface area (Å²) in [5.74, 6) is 0. The summed E-state index contributed by atoms with van der Waals surface area (Å²) < 4.78 is 5.13. The van der Waals surface area contributed by atoms with Gasteiger partial charge in [-0.15, -0.1) is 0 Å². The Labute approximate surface area is 107 Å². The van der Waals surface area contributed by atoms with Crippen molar-refractivity contribution in [2.45, 2.75) is 64.6 Å². The molecule has 3 heteroatoms. The van der Waals surface area contributed by atoms with Gasteiger partial charge in [-0.3, -0.25) is 0 Å². The van der Waals surface area contributed by atoms with E-state index in [2.05, 4.69) is 31.0 Å². The van der Waals surface area contributed by atoms with E-state index in [0.29, 0.717) is 18.1 Å². The minimum absolute atomic E-state index is 0.575. The van der Waals surface area contributed by atoms with Crippen LogP contribution in [0.25, 0.3) is 0 Å². The average molecular weight is 242 g/mol. The number of rotatable bonds is 6. The molecule has 1 aliphatic heterocycles. The molecule has 1 saturated heterocycles. The van der Waals surface area contributed by atoms with Gasteiger partial charge < -0.3 is 15.0 Å². The highest BCUT2D eigenvalue weighted by molar-refractivity contribution is 4.78. The maximum atomic E-state index is 5.13. The molecule has 2 unspecified atom stereocenters. The van der Waals surface area contributed by atoms with Crippen LogP contribution < -0.4 is 5.32 Å². The van der Waals surface area contributed by atoms with E-state index in [9.17, 15) is 0 Å². The monoisotopic (exact) mass is 242 g/mol. The van der Waals surface area contributed by atoms with Crippen LogP contribution in [0, 0.1) is 0 Å². The van der Waals surface area contributed by atoms with Gasteiger partial charge in [-0.05, 0) is 59.5 Å². The van der Waals surface area contributed by atoms with Crippen LogP contribution in [-0.2, 0) is 4.74 Å². The van der Waals surface area contributed by atoms with Crippen molar-refractivity contribution in [1.29, 1.82) is 0 Å². The molecule has 102 valence electrons. The molecule has 0 amide bonds. The van der Waals surface area contributed by atoms with Crippen molar-refractivity contribution < 1.29 is 4.74 Å². The third-order valence-electron chi connectivity index (χ3n) is 3.77. The van der Waals surface area contributed by atoms with E-state index < -0.39 is 0 Å². The molecular weight excluding hydrogens is 212 g/mol. The lowest BCUT2D eigenvalue weighted by Gasteiger charge is -2.25. The topological polar surface area (TPSA) is 24.5 Å². The van der Waals surface area contributed by atoms with Crippen LogP contribution in [0.15, 0.2) is 0 Å². The Morgan fingerprint density at radius 1 is 1.24 bits per heavy atom. The molecule has 1 heterocycles. The molecule has 1 N–H and O–H groups in total. The molecule has 1 rings (SSSR count). The SMILES string of the molecule is COCCC(C)NC1CCCN(C(C)C)CC1. The maximum Gasteiger partial charge on any atom is 0.0476 e. The van der Waals surface area contributed by atoms with E-state index in [1.807, 2.05) is 0 Å². The van der Waals surface area contributed by atoms with E-state index in [-0.39, 0.29) is 0 Å². The van der Waals surface area contributed by atoms with Crippen LogP contribution in [0.4, 0.5) is 0 Å². The Hall–Kier alpha value is -0.120. The van der Waals surface area contributed by atoms with Crippen molar-refractivity contribution in [3.05, 3.63) is 0 Å². The Morgan fingerprint density at radius 3 is 2.65 bits per heavy atom. The van der Waals surface area contributed by atoms with Crippen LogP contribution in [0.2, 0.25) is 0 Å². The van der Waals surface area contributed by atoms with Crippen LogP contribution >= 0.6 is 0 Å². The van der Waals surface area contributed by atoms with E-state index >= 15 is 0 Å². The fourth-order valence-corrected chi connectivity index (χ4v) is 2.58. The average Bonchev–Trinajstić information content (AvgIpc) is 2.52. The molecule has 1 fully saturated rings. The summed E-state index contributed by atoms with van der Waals surface area (Å²) >= 11 is 0. The normalized spacial score (nSPS) is 24.9. The summed E-state index contributed by atoms with van der Waals surface area (Å²) in [5, 5.41) is 3.75. The first-order valence-corrected chi connectivity index (χ1v) is 7.12. The molecule has 0 saturated carbocycles. The zero-order valence-electron chi connectivity index (χ0n) is 12.0. The molecule has 17 heavy (non-hydrogen) atoms. The zero-order valence-corrected chi connectivity index (χ0v) is 12.0. The Balaban J connectivity index is 2.26. The first kappa shape index (κ1) is 14.9. The molecular formula is C14H30N2O. The molecule has 2 atom stereocenters. The Morgan fingerprint density at radius 2 is 2.00 bits per heavy atom. The number of likely N-dealkylation sites (tertiary alicyclic amines) is 1. The second-order valence-corrected chi connectivity index (χ2v) is 5.61. The van der Waals surface area contributed by atoms with Gasteiger partial charge in [-0.25, -0.2) is 0 Å². The lowest BCUT2D eigenvalue weighted by atomic mass is 10.1. The predicted molar refractivity (Wildman–Crippen MR) is 73.4 cm³/mol. The number of hydrogen-bond donors (Lipinski definition) is 1. The summed E-state index contributed by atoms with van der Waals surface area (Å²) in [6.07, 6.45) is 5.05. The van der Waals surface area contributed by atoms with Gasteiger partial charge in [0.15, 0.2) is 0 Å². The van der Waals surface area contributed by atoms with Gasteiger partial charge >= 0.3 is 0 Å². The molecule has 0 aromatic rings. The molecule has 0 radical (unpaired) electrons. The fourth-order valence-electron chi connectivity index (χ4n) is 2.58. The van der Waals surface area contributed by atoms with Crippen molar-refractivity contribution in [2.24, 2.45) is 0 Å². The van der Waals surface area contributed by atoms with Crippen molar-refractivity contribution in [1.82, 2.24) is 10.2 Å². The molecule has 0 aromatic heterocycles. The summed E-state index contributed by atoms with van der Waals surface area (Å²) in [4.78, 5) is 2.60. The zero-order chi connectivity index (χ0) is 12.7. The maximum absolute atomic E-state index is 5.13. The van der Waals surface area contributed by atoms with Crippen molar-refractivity contribution >= 4 is 0 Å². The van der Waals surface area contributed by atoms with Crippen molar-refractivity contribution in [3.63, 3.8) is 0 Å². The van der Waals surface area contributed by atoms with Gasteiger partial charge in [0.1, 0.15) is 0 Å². The predicted octanol–water partition coefficient (Wildman–Crippen LogP) is 2.26. The summed E-state index contributed by atoms with van der Waals surface area (Å²) in [7, 11) is 1.78. The molecule has 0 bridgehead atoms. The molecule has 0 aromatic carbocycles. The minimum atomic E-state index is 0.575. The third-order valence-corrected chi connectivity index (χ3v) is 3.77. The van der Waals surface area contributed by atoms with Crippen LogP contribution in [0.3, 0.4) is 0 Å². The highest BCUT2D eigenvalue weighted by Gasteiger charge is 2.19. The molecule has 3 nitrogen and oxygen atoms in total. The van der Waals surface area contributed by atoms with E-state index in [0.717, 1.165) is 13.0 Å². The Kier molecular flexibility index (Phi) is 7.09. The van der Waals surface area contributed by atoms with Crippen molar-refractivity contribution in [2.75, 3.05) is 26.8 Å². The first-order valence-electron chi connectivity index (χ1n) is 7.12. The molecule has 0 spiro atoms. The van der Waals surface area contributed by atoms with Gasteiger partial charge in [0.25, 0.3) is 0 Å². The number of nitrogens with zero attached hydrogens (tertiary/aromatic N) is 1. The van der Waals surface area contributed by atoms with Crippen LogP contribution in [0.1, 0.15) is 46.5 Å². The standard InChI is InChI=1S/C14H30N2O/c1-12(2)16-9-5-6-14(7-10-16)15-13(3)8-11-17-4/h12-15H,5-11H2,1-4H3. The van der Waals surface area contributed by atoms with E-state index in [1.54, 1.807) is 7.11 Å². The van der Waals surface area contributed by atoms with Gasteiger partial charge in [-0.1, -0.05) is 0 Å². The summed E-state index contributed by atoms with van der Waals surface area (Å²) in [5.41, 5.74) is 0. The van der Waals surface area contributed by atoms with E-state index in [1.165, 1.54) is 32.4 Å². The highest BCUT2D eigenvalue weighted by atomic mass is 16.5. The summed E-state index contributed by atoms with van der Waals surface area (Å²) in [6.45, 7) is 10.2. The van der Waals surface area contributed by atoms with Gasteiger partial charge in [0, 0.05) is 31.8 Å². The van der Waals surface area contributed by atoms with Gasteiger partial charge in [0.05, 0.1) is 0 Å². The van der Waals surface area contributed by atoms with E-state index in [4.69, 9.17) is 4.74 Å². The largest absolute Gasteiger partial charge is 0.385 e. The Bertz CT molecular complexity index is 197. The van der Waals surface area contributed by atoms with Crippen LogP contribution in [0.5, 0.6) is 0 Å². The van der Waals surface area contributed by atoms with Gasteiger partial charge in [-0.2, -0.15) is 0 Å². The van der Waals surface area contributed by atoms with Crippen LogP contribution in [-0.4, -0.2) is 49.8 Å². The van der Waals surface area contributed by atoms with Gasteiger partial charge in [0.2, 0.25) is 0 Å². The third kappa shape index (κ3) is 5.84. The smallest absolute Gasteiger partial charge is 0.0476 e. The number of hydrogen-bond acceptors (Lipinski definition) is 3. The second kappa shape index (κ2) is 8.06. The number of nitrogens with one attached hydrogen (secondary N) is 1. The molecule has 0 aliphatic carbocycles. The lowest BCUT2D eigenvalue weighted by Crippen LogP contribution is -2.38. The first-order chi connectivity index (χ1) is 8.13. The quantitative estimate of drug-likeness (QED) is 0.773. The highest BCUT2D eigenvalue weighted by Crippen LogP contribution is 2.14. The number of methoxy groups -OCH3 is 1. The molecule has 1 aliphatic rings. The second-order valence-electron chi connectivity index (χ2n) is 5.61. The fraction of sp³-hybridized carbons (Fsp3) is 1.00. The lowest BCUT2D eigenvalue weighted by molar-refractivity contribution is 0.181. The minimum Gasteiger partial charge on any atom is -0.385 e. The van der Waals surface area contributed by atoms with Crippen molar-refractivity contribution in [3.8, 4) is 0 Å². The summed E-state index contributed by atoms with van der Waals surface area (Å²) in [6, 6.07) is 1.97. The number of ether oxygens (including phenoxy) is 1.